The molecule has 1 aliphatic heterocycles. The van der Waals surface area contributed by atoms with Crippen molar-refractivity contribution >= 4 is 45.8 Å². The number of benzene rings is 2. The number of carbonyl (C=O) groups is 2. The SMILES string of the molecule is CCCCCCCON1C(=O)c2ccc(Cl)c3c(Cl)ccc(c23)C1=O. The van der Waals surface area contributed by atoms with Gasteiger partial charge in [-0.1, -0.05) is 55.8 Å². The van der Waals surface area contributed by atoms with Gasteiger partial charge in [0.25, 0.3) is 11.8 Å². The Labute approximate surface area is 156 Å². The van der Waals surface area contributed by atoms with Crippen molar-refractivity contribution in [3.63, 3.8) is 0 Å². The molecule has 0 radical (unpaired) electrons. The summed E-state index contributed by atoms with van der Waals surface area (Å²) in [4.78, 5) is 30.9. The van der Waals surface area contributed by atoms with Gasteiger partial charge in [-0.25, -0.2) is 0 Å². The van der Waals surface area contributed by atoms with Gasteiger partial charge in [0, 0.05) is 20.8 Å². The molecule has 4 nitrogen and oxygen atoms in total. The first-order chi connectivity index (χ1) is 12.1. The maximum Gasteiger partial charge on any atom is 0.285 e. The van der Waals surface area contributed by atoms with Crippen molar-refractivity contribution in [1.82, 2.24) is 5.06 Å². The van der Waals surface area contributed by atoms with Gasteiger partial charge in [-0.3, -0.25) is 14.4 Å². The number of rotatable bonds is 7. The summed E-state index contributed by atoms with van der Waals surface area (Å²) >= 11 is 12.4. The lowest BCUT2D eigenvalue weighted by Gasteiger charge is -2.26. The second kappa shape index (κ2) is 7.73. The van der Waals surface area contributed by atoms with Crippen LogP contribution in [0.15, 0.2) is 24.3 Å². The Bertz CT molecular complexity index is 778. The summed E-state index contributed by atoms with van der Waals surface area (Å²) in [6.07, 6.45) is 5.29. The van der Waals surface area contributed by atoms with Crippen molar-refractivity contribution in [2.45, 2.75) is 39.0 Å². The molecule has 132 valence electrons. The Balaban J connectivity index is 1.85. The number of hydrogen-bond donors (Lipinski definition) is 0. The van der Waals surface area contributed by atoms with E-state index >= 15 is 0 Å². The molecule has 2 amide bonds. The number of carbonyl (C=O) groups excluding carboxylic acids is 2. The summed E-state index contributed by atoms with van der Waals surface area (Å²) in [6, 6.07) is 6.45. The molecule has 0 saturated carbocycles. The second-order valence-corrected chi connectivity index (χ2v) is 6.91. The molecule has 0 bridgehead atoms. The quantitative estimate of drug-likeness (QED) is 0.461. The molecule has 6 heteroatoms. The normalized spacial score (nSPS) is 13.8. The van der Waals surface area contributed by atoms with Crippen molar-refractivity contribution in [3.05, 3.63) is 45.4 Å². The number of hydroxylamine groups is 2. The largest absolute Gasteiger partial charge is 0.285 e. The fourth-order valence-electron chi connectivity index (χ4n) is 3.06. The first-order valence-corrected chi connectivity index (χ1v) is 9.24. The van der Waals surface area contributed by atoms with Crippen molar-refractivity contribution in [2.24, 2.45) is 0 Å². The average molecular weight is 380 g/mol. The van der Waals surface area contributed by atoms with Crippen LogP contribution in [-0.4, -0.2) is 23.5 Å². The molecule has 0 N–H and O–H groups in total. The summed E-state index contributed by atoms with van der Waals surface area (Å²) in [7, 11) is 0. The highest BCUT2D eigenvalue weighted by molar-refractivity contribution is 6.44. The van der Waals surface area contributed by atoms with E-state index in [1.165, 1.54) is 6.42 Å². The molecular formula is C19H19Cl2NO3. The van der Waals surface area contributed by atoms with E-state index in [0.717, 1.165) is 30.7 Å². The van der Waals surface area contributed by atoms with E-state index in [1.54, 1.807) is 24.3 Å². The lowest BCUT2D eigenvalue weighted by molar-refractivity contribution is -0.0961. The minimum Gasteiger partial charge on any atom is -0.266 e. The van der Waals surface area contributed by atoms with E-state index in [1.807, 2.05) is 0 Å². The molecule has 25 heavy (non-hydrogen) atoms. The molecule has 0 fully saturated rings. The Morgan fingerprint density at radius 1 is 0.840 bits per heavy atom. The van der Waals surface area contributed by atoms with Gasteiger partial charge in [0.1, 0.15) is 0 Å². The number of hydrogen-bond acceptors (Lipinski definition) is 3. The van der Waals surface area contributed by atoms with Gasteiger partial charge < -0.3 is 0 Å². The number of amides is 2. The molecule has 0 unspecified atom stereocenters. The predicted molar refractivity (Wildman–Crippen MR) is 99.2 cm³/mol. The van der Waals surface area contributed by atoms with Crippen LogP contribution in [0.25, 0.3) is 10.8 Å². The Morgan fingerprint density at radius 3 is 1.96 bits per heavy atom. The summed E-state index contributed by atoms with van der Waals surface area (Å²) in [5.41, 5.74) is 0.755. The smallest absolute Gasteiger partial charge is 0.266 e. The molecule has 0 spiro atoms. The van der Waals surface area contributed by atoms with Crippen LogP contribution in [-0.2, 0) is 4.84 Å². The van der Waals surface area contributed by atoms with E-state index in [2.05, 4.69) is 6.92 Å². The van der Waals surface area contributed by atoms with Crippen LogP contribution in [0.4, 0.5) is 0 Å². The lowest BCUT2D eigenvalue weighted by atomic mass is 9.95. The van der Waals surface area contributed by atoms with Crippen molar-refractivity contribution in [3.8, 4) is 0 Å². The first-order valence-electron chi connectivity index (χ1n) is 8.48. The van der Waals surface area contributed by atoms with Gasteiger partial charge in [-0.15, -0.1) is 5.06 Å². The third-order valence-corrected chi connectivity index (χ3v) is 4.99. The van der Waals surface area contributed by atoms with E-state index in [4.69, 9.17) is 28.0 Å². The predicted octanol–water partition coefficient (Wildman–Crippen LogP) is 5.64. The van der Waals surface area contributed by atoms with E-state index in [0.29, 0.717) is 38.6 Å². The highest BCUT2D eigenvalue weighted by atomic mass is 35.5. The second-order valence-electron chi connectivity index (χ2n) is 6.09. The van der Waals surface area contributed by atoms with E-state index < -0.39 is 11.8 Å². The Morgan fingerprint density at radius 2 is 1.40 bits per heavy atom. The molecule has 2 aromatic rings. The summed E-state index contributed by atoms with van der Waals surface area (Å²) in [5.74, 6) is -0.954. The topological polar surface area (TPSA) is 46.6 Å². The maximum absolute atomic E-state index is 12.7. The fraction of sp³-hybridized carbons (Fsp3) is 0.368. The number of imide groups is 1. The molecular weight excluding hydrogens is 361 g/mol. The molecule has 0 aromatic heterocycles. The van der Waals surface area contributed by atoms with Crippen LogP contribution in [0.2, 0.25) is 10.0 Å². The number of halogens is 2. The standard InChI is InChI=1S/C19H19Cl2NO3/c1-2-3-4-5-6-11-25-22-18(23)12-7-9-14(20)17-15(21)10-8-13(16(12)17)19(22)24/h7-10H,2-6,11H2,1H3. The molecule has 0 atom stereocenters. The van der Waals surface area contributed by atoms with Crippen LogP contribution >= 0.6 is 23.2 Å². The number of unbranched alkanes of at least 4 members (excludes halogenated alkanes) is 4. The fourth-order valence-corrected chi connectivity index (χ4v) is 3.63. The highest BCUT2D eigenvalue weighted by Gasteiger charge is 2.35. The van der Waals surface area contributed by atoms with Gasteiger partial charge in [0.15, 0.2) is 0 Å². The summed E-state index contributed by atoms with van der Waals surface area (Å²) < 4.78 is 0. The van der Waals surface area contributed by atoms with Crippen LogP contribution < -0.4 is 0 Å². The van der Waals surface area contributed by atoms with Crippen LogP contribution in [0, 0.1) is 0 Å². The van der Waals surface area contributed by atoms with Crippen LogP contribution in [0.3, 0.4) is 0 Å². The first kappa shape index (κ1) is 18.2. The molecule has 2 aromatic carbocycles. The van der Waals surface area contributed by atoms with E-state index in [-0.39, 0.29) is 0 Å². The van der Waals surface area contributed by atoms with Crippen LogP contribution in [0.1, 0.15) is 59.7 Å². The van der Waals surface area contributed by atoms with Crippen molar-refractivity contribution in [1.29, 1.82) is 0 Å². The maximum atomic E-state index is 12.7. The zero-order chi connectivity index (χ0) is 18.0. The Kier molecular flexibility index (Phi) is 5.62. The molecule has 1 aliphatic rings. The van der Waals surface area contributed by atoms with Crippen molar-refractivity contribution in [2.75, 3.05) is 6.61 Å². The zero-order valence-corrected chi connectivity index (χ0v) is 15.5. The third-order valence-electron chi connectivity index (χ3n) is 4.36. The lowest BCUT2D eigenvalue weighted by Crippen LogP contribution is -2.40. The zero-order valence-electron chi connectivity index (χ0n) is 14.0. The molecule has 0 saturated heterocycles. The van der Waals surface area contributed by atoms with Crippen LogP contribution in [0.5, 0.6) is 0 Å². The third kappa shape index (κ3) is 3.39. The number of nitrogens with zero attached hydrogens (tertiary/aromatic N) is 1. The molecule has 1 heterocycles. The minimum atomic E-state index is -0.477. The van der Waals surface area contributed by atoms with Gasteiger partial charge in [0.05, 0.1) is 17.7 Å². The Hall–Kier alpha value is -1.62. The molecule has 3 rings (SSSR count). The minimum absolute atomic E-state index is 0.334. The average Bonchev–Trinajstić information content (AvgIpc) is 2.60. The molecule has 0 aliphatic carbocycles. The van der Waals surface area contributed by atoms with Gasteiger partial charge in [-0.2, -0.15) is 0 Å². The van der Waals surface area contributed by atoms with Crippen molar-refractivity contribution < 1.29 is 14.4 Å². The van der Waals surface area contributed by atoms with Gasteiger partial charge >= 0.3 is 0 Å². The van der Waals surface area contributed by atoms with Gasteiger partial charge in [-0.05, 0) is 30.7 Å². The highest BCUT2D eigenvalue weighted by Crippen LogP contribution is 2.38. The monoisotopic (exact) mass is 379 g/mol. The summed E-state index contributed by atoms with van der Waals surface area (Å²) in [6.45, 7) is 2.49. The van der Waals surface area contributed by atoms with E-state index in [9.17, 15) is 9.59 Å². The van der Waals surface area contributed by atoms with Gasteiger partial charge in [0.2, 0.25) is 0 Å². The summed E-state index contributed by atoms with van der Waals surface area (Å²) in [5, 5.41) is 2.71.